The standard InChI is InChI=1S/C22H23N3O2/c1-4-16-6-9-19(10-7-16)25-13-18(12-20(25)26)22-23-21(24-27-22)17-8-5-14(2)15(3)11-17/h5-11,18H,4,12-13H2,1-3H3. The first-order valence-corrected chi connectivity index (χ1v) is 9.35. The molecule has 1 amide bonds. The first-order chi connectivity index (χ1) is 13.0. The minimum Gasteiger partial charge on any atom is -0.339 e. The number of nitrogens with zero attached hydrogens (tertiary/aromatic N) is 3. The molecule has 2 heterocycles. The molecule has 5 heteroatoms. The van der Waals surface area contributed by atoms with Gasteiger partial charge in [-0.1, -0.05) is 36.3 Å². The maximum absolute atomic E-state index is 12.5. The van der Waals surface area contributed by atoms with Gasteiger partial charge in [0.25, 0.3) is 0 Å². The second kappa shape index (κ2) is 6.99. The van der Waals surface area contributed by atoms with Crippen molar-refractivity contribution in [2.45, 2.75) is 39.5 Å². The summed E-state index contributed by atoms with van der Waals surface area (Å²) < 4.78 is 5.50. The van der Waals surface area contributed by atoms with E-state index in [9.17, 15) is 4.79 Å². The number of hydrogen-bond acceptors (Lipinski definition) is 4. The van der Waals surface area contributed by atoms with E-state index < -0.39 is 0 Å². The number of amides is 1. The summed E-state index contributed by atoms with van der Waals surface area (Å²) in [5, 5.41) is 4.13. The molecule has 1 unspecified atom stereocenters. The van der Waals surface area contributed by atoms with Crippen molar-refractivity contribution in [3.8, 4) is 11.4 Å². The van der Waals surface area contributed by atoms with Gasteiger partial charge in [0.2, 0.25) is 17.6 Å². The molecule has 0 saturated carbocycles. The van der Waals surface area contributed by atoms with Crippen molar-refractivity contribution < 1.29 is 9.32 Å². The van der Waals surface area contributed by atoms with Crippen molar-refractivity contribution >= 4 is 11.6 Å². The zero-order valence-electron chi connectivity index (χ0n) is 15.9. The zero-order chi connectivity index (χ0) is 19.0. The Hall–Kier alpha value is -2.95. The Balaban J connectivity index is 1.53. The number of aryl methyl sites for hydroxylation is 3. The highest BCUT2D eigenvalue weighted by Gasteiger charge is 2.35. The Morgan fingerprint density at radius 3 is 2.59 bits per heavy atom. The van der Waals surface area contributed by atoms with E-state index in [0.29, 0.717) is 24.7 Å². The van der Waals surface area contributed by atoms with Crippen molar-refractivity contribution in [3.63, 3.8) is 0 Å². The highest BCUT2D eigenvalue weighted by Crippen LogP contribution is 2.32. The number of aromatic nitrogens is 2. The van der Waals surface area contributed by atoms with Crippen LogP contribution in [0.3, 0.4) is 0 Å². The fourth-order valence-electron chi connectivity index (χ4n) is 3.43. The highest BCUT2D eigenvalue weighted by molar-refractivity contribution is 5.96. The number of anilines is 1. The average molecular weight is 361 g/mol. The number of benzene rings is 2. The molecule has 0 N–H and O–H groups in total. The summed E-state index contributed by atoms with van der Waals surface area (Å²) in [6.07, 6.45) is 1.38. The summed E-state index contributed by atoms with van der Waals surface area (Å²) in [5.41, 5.74) is 5.54. The second-order valence-corrected chi connectivity index (χ2v) is 7.18. The normalized spacial score (nSPS) is 16.9. The van der Waals surface area contributed by atoms with Crippen LogP contribution in [0.5, 0.6) is 0 Å². The van der Waals surface area contributed by atoms with E-state index >= 15 is 0 Å². The topological polar surface area (TPSA) is 59.2 Å². The van der Waals surface area contributed by atoms with Crippen molar-refractivity contribution in [1.29, 1.82) is 0 Å². The lowest BCUT2D eigenvalue weighted by atomic mass is 10.1. The molecule has 1 fully saturated rings. The Kier molecular flexibility index (Phi) is 4.52. The van der Waals surface area contributed by atoms with Crippen molar-refractivity contribution in [3.05, 3.63) is 65.0 Å². The first-order valence-electron chi connectivity index (χ1n) is 9.35. The lowest BCUT2D eigenvalue weighted by Gasteiger charge is -2.16. The maximum Gasteiger partial charge on any atom is 0.232 e. The van der Waals surface area contributed by atoms with Crippen LogP contribution in [0, 0.1) is 13.8 Å². The SMILES string of the molecule is CCc1ccc(N2CC(c3nc(-c4ccc(C)c(C)c4)no3)CC2=O)cc1. The minimum atomic E-state index is -0.0730. The lowest BCUT2D eigenvalue weighted by Crippen LogP contribution is -2.24. The number of hydrogen-bond donors (Lipinski definition) is 0. The molecule has 1 aromatic heterocycles. The number of carbonyl (C=O) groups excluding carboxylic acids is 1. The molecule has 5 nitrogen and oxygen atoms in total. The van der Waals surface area contributed by atoms with Gasteiger partial charge in [0.15, 0.2) is 0 Å². The molecule has 1 atom stereocenters. The Morgan fingerprint density at radius 2 is 1.89 bits per heavy atom. The summed E-state index contributed by atoms with van der Waals surface area (Å²) in [6, 6.07) is 14.3. The van der Waals surface area contributed by atoms with E-state index in [0.717, 1.165) is 17.7 Å². The number of rotatable bonds is 4. The van der Waals surface area contributed by atoms with Crippen LogP contribution < -0.4 is 4.90 Å². The largest absolute Gasteiger partial charge is 0.339 e. The molecule has 138 valence electrons. The summed E-state index contributed by atoms with van der Waals surface area (Å²) in [6.45, 7) is 6.83. The van der Waals surface area contributed by atoms with E-state index in [1.807, 2.05) is 23.1 Å². The quantitative estimate of drug-likeness (QED) is 0.689. The maximum atomic E-state index is 12.5. The fraction of sp³-hybridized carbons (Fsp3) is 0.318. The third kappa shape index (κ3) is 3.37. The molecule has 0 bridgehead atoms. The van der Waals surface area contributed by atoms with Crippen LogP contribution in [-0.4, -0.2) is 22.6 Å². The molecule has 0 spiro atoms. The van der Waals surface area contributed by atoms with Crippen LogP contribution in [0.2, 0.25) is 0 Å². The van der Waals surface area contributed by atoms with Gasteiger partial charge in [-0.25, -0.2) is 0 Å². The monoisotopic (exact) mass is 361 g/mol. The van der Waals surface area contributed by atoms with Gasteiger partial charge in [0.1, 0.15) is 0 Å². The first kappa shape index (κ1) is 17.5. The molecule has 0 aliphatic carbocycles. The molecule has 1 aliphatic rings. The predicted molar refractivity (Wildman–Crippen MR) is 105 cm³/mol. The van der Waals surface area contributed by atoms with Crippen molar-refractivity contribution in [1.82, 2.24) is 10.1 Å². The summed E-state index contributed by atoms with van der Waals surface area (Å²) in [4.78, 5) is 18.9. The van der Waals surface area contributed by atoms with Gasteiger partial charge in [-0.2, -0.15) is 4.98 Å². The second-order valence-electron chi connectivity index (χ2n) is 7.18. The van der Waals surface area contributed by atoms with E-state index in [4.69, 9.17) is 4.52 Å². The van der Waals surface area contributed by atoms with Gasteiger partial charge in [-0.05, 0) is 55.2 Å². The molecule has 3 aromatic rings. The zero-order valence-corrected chi connectivity index (χ0v) is 15.9. The summed E-state index contributed by atoms with van der Waals surface area (Å²) >= 11 is 0. The van der Waals surface area contributed by atoms with Gasteiger partial charge in [0, 0.05) is 24.2 Å². The van der Waals surface area contributed by atoms with Gasteiger partial charge < -0.3 is 9.42 Å². The minimum absolute atomic E-state index is 0.0730. The van der Waals surface area contributed by atoms with Gasteiger partial charge in [-0.15, -0.1) is 0 Å². The summed E-state index contributed by atoms with van der Waals surface area (Å²) in [5.74, 6) is 1.13. The van der Waals surface area contributed by atoms with Crippen LogP contribution in [0.15, 0.2) is 47.0 Å². The van der Waals surface area contributed by atoms with Crippen LogP contribution in [0.4, 0.5) is 5.69 Å². The molecule has 4 rings (SSSR count). The molecule has 1 aliphatic heterocycles. The van der Waals surface area contributed by atoms with E-state index in [1.165, 1.54) is 16.7 Å². The smallest absolute Gasteiger partial charge is 0.232 e. The third-order valence-electron chi connectivity index (χ3n) is 5.34. The number of carbonyl (C=O) groups is 1. The lowest BCUT2D eigenvalue weighted by molar-refractivity contribution is -0.117. The molecule has 1 saturated heterocycles. The Morgan fingerprint density at radius 1 is 1.11 bits per heavy atom. The molecular formula is C22H23N3O2. The third-order valence-corrected chi connectivity index (χ3v) is 5.34. The molecular weight excluding hydrogens is 338 g/mol. The predicted octanol–water partition coefficient (Wildman–Crippen LogP) is 4.44. The molecule has 0 radical (unpaired) electrons. The van der Waals surface area contributed by atoms with Gasteiger partial charge in [0.05, 0.1) is 5.92 Å². The van der Waals surface area contributed by atoms with Gasteiger partial charge in [-0.3, -0.25) is 4.79 Å². The molecule has 2 aromatic carbocycles. The Bertz CT molecular complexity index is 975. The van der Waals surface area contributed by atoms with Crippen molar-refractivity contribution in [2.24, 2.45) is 0 Å². The fourth-order valence-corrected chi connectivity index (χ4v) is 3.43. The van der Waals surface area contributed by atoms with E-state index in [2.05, 4.69) is 55.2 Å². The van der Waals surface area contributed by atoms with Crippen LogP contribution in [-0.2, 0) is 11.2 Å². The molecule has 27 heavy (non-hydrogen) atoms. The average Bonchev–Trinajstić information content (AvgIpc) is 3.31. The Labute approximate surface area is 159 Å². The highest BCUT2D eigenvalue weighted by atomic mass is 16.5. The van der Waals surface area contributed by atoms with Gasteiger partial charge >= 0.3 is 0 Å². The van der Waals surface area contributed by atoms with E-state index in [1.54, 1.807) is 0 Å². The van der Waals surface area contributed by atoms with E-state index in [-0.39, 0.29) is 11.8 Å². The van der Waals surface area contributed by atoms with Crippen LogP contribution in [0.1, 0.15) is 41.8 Å². The van der Waals surface area contributed by atoms with Crippen molar-refractivity contribution in [2.75, 3.05) is 11.4 Å². The van der Waals surface area contributed by atoms with Crippen LogP contribution in [0.25, 0.3) is 11.4 Å². The summed E-state index contributed by atoms with van der Waals surface area (Å²) in [7, 11) is 0. The van der Waals surface area contributed by atoms with Crippen LogP contribution >= 0.6 is 0 Å².